The summed E-state index contributed by atoms with van der Waals surface area (Å²) in [7, 11) is 1.50. The molecule has 29 heavy (non-hydrogen) atoms. The van der Waals surface area contributed by atoms with E-state index < -0.39 is 0 Å². The van der Waals surface area contributed by atoms with Gasteiger partial charge >= 0.3 is 5.97 Å². The molecule has 5 nitrogen and oxygen atoms in total. The van der Waals surface area contributed by atoms with Crippen molar-refractivity contribution in [1.29, 1.82) is 5.26 Å². The van der Waals surface area contributed by atoms with E-state index in [0.717, 1.165) is 11.3 Å². The van der Waals surface area contributed by atoms with E-state index in [0.29, 0.717) is 24.5 Å². The van der Waals surface area contributed by atoms with E-state index in [4.69, 9.17) is 19.5 Å². The summed E-state index contributed by atoms with van der Waals surface area (Å²) in [4.78, 5) is 12.1. The molecule has 0 amide bonds. The number of hydrogen-bond acceptors (Lipinski definition) is 5. The molecule has 0 saturated carbocycles. The van der Waals surface area contributed by atoms with Gasteiger partial charge in [0.2, 0.25) is 0 Å². The zero-order valence-corrected chi connectivity index (χ0v) is 17.4. The van der Waals surface area contributed by atoms with Crippen molar-refractivity contribution in [2.75, 3.05) is 13.7 Å². The number of benzene rings is 2. The number of methoxy groups -OCH3 is 1. The highest BCUT2D eigenvalue weighted by Crippen LogP contribution is 2.29. The molecule has 0 aliphatic carbocycles. The molecule has 0 fully saturated rings. The van der Waals surface area contributed by atoms with Crippen LogP contribution in [0.5, 0.6) is 17.2 Å². The topological polar surface area (TPSA) is 68.5 Å². The van der Waals surface area contributed by atoms with Crippen LogP contribution >= 0.6 is 0 Å². The van der Waals surface area contributed by atoms with Crippen molar-refractivity contribution >= 4 is 12.0 Å². The highest BCUT2D eigenvalue weighted by molar-refractivity contribution is 5.73. The van der Waals surface area contributed by atoms with Gasteiger partial charge in [-0.25, -0.2) is 0 Å². The Morgan fingerprint density at radius 2 is 1.83 bits per heavy atom. The van der Waals surface area contributed by atoms with Crippen LogP contribution in [0.25, 0.3) is 6.08 Å². The maximum atomic E-state index is 12.1. The quantitative estimate of drug-likeness (QED) is 0.264. The predicted octanol–water partition coefficient (Wildman–Crippen LogP) is 5.29. The summed E-state index contributed by atoms with van der Waals surface area (Å²) < 4.78 is 16.4. The summed E-state index contributed by atoms with van der Waals surface area (Å²) in [6, 6.07) is 15.1. The number of carbonyl (C=O) groups is 1. The van der Waals surface area contributed by atoms with Gasteiger partial charge in [-0.15, -0.1) is 0 Å². The molecule has 0 radical (unpaired) electrons. The van der Waals surface area contributed by atoms with E-state index in [9.17, 15) is 4.79 Å². The van der Waals surface area contributed by atoms with Gasteiger partial charge in [-0.2, -0.15) is 5.26 Å². The molecule has 0 aromatic heterocycles. The van der Waals surface area contributed by atoms with Crippen molar-refractivity contribution in [3.63, 3.8) is 0 Å². The Labute approximate surface area is 172 Å². The van der Waals surface area contributed by atoms with Crippen molar-refractivity contribution in [3.8, 4) is 23.3 Å². The number of nitrogens with zero attached hydrogens (tertiary/aromatic N) is 1. The van der Waals surface area contributed by atoms with Gasteiger partial charge in [-0.1, -0.05) is 39.0 Å². The molecule has 0 aliphatic rings. The number of hydrogen-bond donors (Lipinski definition) is 0. The van der Waals surface area contributed by atoms with Crippen molar-refractivity contribution < 1.29 is 19.0 Å². The van der Waals surface area contributed by atoms with Crippen LogP contribution in [0.2, 0.25) is 0 Å². The van der Waals surface area contributed by atoms with E-state index in [-0.39, 0.29) is 17.8 Å². The summed E-state index contributed by atoms with van der Waals surface area (Å²) in [5.74, 6) is 1.23. The van der Waals surface area contributed by atoms with Crippen LogP contribution in [-0.4, -0.2) is 19.7 Å². The Morgan fingerprint density at radius 1 is 1.10 bits per heavy atom. The first-order valence-corrected chi connectivity index (χ1v) is 9.51. The summed E-state index contributed by atoms with van der Waals surface area (Å²) in [5, 5.41) is 8.60. The predicted molar refractivity (Wildman–Crippen MR) is 113 cm³/mol. The van der Waals surface area contributed by atoms with E-state index in [2.05, 4.69) is 32.9 Å². The third kappa shape index (κ3) is 7.00. The second kappa shape index (κ2) is 10.3. The van der Waals surface area contributed by atoms with Gasteiger partial charge in [0.1, 0.15) is 5.75 Å². The molecule has 0 heterocycles. The number of nitriles is 1. The summed E-state index contributed by atoms with van der Waals surface area (Å²) >= 11 is 0. The molecule has 0 unspecified atom stereocenters. The Hall–Kier alpha value is -3.26. The molecule has 2 aromatic carbocycles. The second-order valence-corrected chi connectivity index (χ2v) is 7.57. The fraction of sp³-hybridized carbons (Fsp3) is 0.333. The van der Waals surface area contributed by atoms with Crippen molar-refractivity contribution in [1.82, 2.24) is 0 Å². The van der Waals surface area contributed by atoms with Crippen LogP contribution in [0.15, 0.2) is 48.5 Å². The first-order chi connectivity index (χ1) is 13.8. The zero-order chi connectivity index (χ0) is 21.3. The number of esters is 1. The Balaban J connectivity index is 1.81. The molecule has 0 aliphatic heterocycles. The Bertz CT molecular complexity index is 887. The van der Waals surface area contributed by atoms with E-state index in [1.165, 1.54) is 18.7 Å². The van der Waals surface area contributed by atoms with Crippen molar-refractivity contribution in [2.24, 2.45) is 0 Å². The standard InChI is InChI=1S/C24H27NO4/c1-24(2,3)19-10-12-20(13-11-19)28-16-6-8-23(26)29-21-14-9-18(7-5-15-25)17-22(21)27-4/h5,7,9-14,17H,6,8,16H2,1-4H3/b7-5-. The van der Waals surface area contributed by atoms with Gasteiger partial charge in [-0.05, 0) is 53.3 Å². The molecule has 0 spiro atoms. The first-order valence-electron chi connectivity index (χ1n) is 9.51. The van der Waals surface area contributed by atoms with Gasteiger partial charge in [0, 0.05) is 12.5 Å². The second-order valence-electron chi connectivity index (χ2n) is 7.57. The highest BCUT2D eigenvalue weighted by Gasteiger charge is 2.13. The van der Waals surface area contributed by atoms with Gasteiger partial charge in [-0.3, -0.25) is 4.79 Å². The molecule has 5 heteroatoms. The summed E-state index contributed by atoms with van der Waals surface area (Å²) in [6.45, 7) is 6.93. The third-order valence-corrected chi connectivity index (χ3v) is 4.28. The maximum absolute atomic E-state index is 12.1. The van der Waals surface area contributed by atoms with Crippen LogP contribution in [0.4, 0.5) is 0 Å². The first kappa shape index (κ1) is 22.0. The molecular formula is C24H27NO4. The minimum Gasteiger partial charge on any atom is -0.494 e. The van der Waals surface area contributed by atoms with Gasteiger partial charge in [0.15, 0.2) is 11.5 Å². The lowest BCUT2D eigenvalue weighted by atomic mass is 9.87. The van der Waals surface area contributed by atoms with Crippen LogP contribution in [-0.2, 0) is 10.2 Å². The SMILES string of the molecule is COc1cc(/C=C\C#N)ccc1OC(=O)CCCOc1ccc(C(C)(C)C)cc1. The van der Waals surface area contributed by atoms with Gasteiger partial charge in [0.05, 0.1) is 19.8 Å². The summed E-state index contributed by atoms with van der Waals surface area (Å²) in [6.07, 6.45) is 3.81. The zero-order valence-electron chi connectivity index (χ0n) is 17.4. The lowest BCUT2D eigenvalue weighted by Crippen LogP contribution is -2.11. The lowest BCUT2D eigenvalue weighted by molar-refractivity contribution is -0.134. The average Bonchev–Trinajstić information content (AvgIpc) is 2.70. The molecule has 0 atom stereocenters. The highest BCUT2D eigenvalue weighted by atomic mass is 16.6. The third-order valence-electron chi connectivity index (χ3n) is 4.28. The minimum atomic E-state index is -0.352. The monoisotopic (exact) mass is 393 g/mol. The molecule has 0 N–H and O–H groups in total. The fourth-order valence-corrected chi connectivity index (χ4v) is 2.64. The van der Waals surface area contributed by atoms with E-state index >= 15 is 0 Å². The molecule has 0 saturated heterocycles. The number of allylic oxidation sites excluding steroid dienone is 1. The Kier molecular flexibility index (Phi) is 7.85. The number of rotatable bonds is 8. The molecular weight excluding hydrogens is 366 g/mol. The van der Waals surface area contributed by atoms with E-state index in [1.807, 2.05) is 18.2 Å². The lowest BCUT2D eigenvalue weighted by Gasteiger charge is -2.19. The molecule has 152 valence electrons. The number of carbonyl (C=O) groups excluding carboxylic acids is 1. The molecule has 0 bridgehead atoms. The van der Waals surface area contributed by atoms with Crippen LogP contribution in [0.1, 0.15) is 44.7 Å². The summed E-state index contributed by atoms with van der Waals surface area (Å²) in [5.41, 5.74) is 2.14. The largest absolute Gasteiger partial charge is 0.494 e. The molecule has 2 rings (SSSR count). The maximum Gasteiger partial charge on any atom is 0.311 e. The normalized spacial score (nSPS) is 11.1. The van der Waals surface area contributed by atoms with Gasteiger partial charge in [0.25, 0.3) is 0 Å². The van der Waals surface area contributed by atoms with Crippen molar-refractivity contribution in [3.05, 3.63) is 59.7 Å². The van der Waals surface area contributed by atoms with Crippen LogP contribution < -0.4 is 14.2 Å². The Morgan fingerprint density at radius 3 is 2.45 bits per heavy atom. The van der Waals surface area contributed by atoms with E-state index in [1.54, 1.807) is 24.3 Å². The van der Waals surface area contributed by atoms with Crippen LogP contribution in [0, 0.1) is 11.3 Å². The van der Waals surface area contributed by atoms with Crippen LogP contribution in [0.3, 0.4) is 0 Å². The minimum absolute atomic E-state index is 0.105. The number of ether oxygens (including phenoxy) is 3. The van der Waals surface area contributed by atoms with Crippen molar-refractivity contribution in [2.45, 2.75) is 39.0 Å². The fourth-order valence-electron chi connectivity index (χ4n) is 2.64. The van der Waals surface area contributed by atoms with Gasteiger partial charge < -0.3 is 14.2 Å². The molecule has 2 aromatic rings. The smallest absolute Gasteiger partial charge is 0.311 e. The average molecular weight is 393 g/mol.